The summed E-state index contributed by atoms with van der Waals surface area (Å²) >= 11 is 0. The van der Waals surface area contributed by atoms with Gasteiger partial charge in [-0.1, -0.05) is 0 Å². The van der Waals surface area contributed by atoms with Crippen LogP contribution >= 0.6 is 0 Å². The van der Waals surface area contributed by atoms with Gasteiger partial charge in [-0.05, 0) is 18.6 Å². The van der Waals surface area contributed by atoms with Crippen LogP contribution in [0.4, 0.5) is 8.78 Å². The van der Waals surface area contributed by atoms with Crippen LogP contribution in [0.15, 0.2) is 17.0 Å². The summed E-state index contributed by atoms with van der Waals surface area (Å²) in [7, 11) is -1.46. The van der Waals surface area contributed by atoms with Gasteiger partial charge in [0.05, 0.1) is 20.9 Å². The van der Waals surface area contributed by atoms with Crippen molar-refractivity contribution in [2.24, 2.45) is 5.73 Å². The third-order valence-electron chi connectivity index (χ3n) is 2.44. The Morgan fingerprint density at radius 1 is 1.43 bits per heavy atom. The fraction of sp³-hybridized carbons (Fsp3) is 0.333. The van der Waals surface area contributed by atoms with E-state index in [4.69, 9.17) is 5.73 Å². The van der Waals surface area contributed by atoms with Gasteiger partial charge in [-0.2, -0.15) is 0 Å². The molecule has 2 rings (SSSR count). The van der Waals surface area contributed by atoms with E-state index in [0.717, 1.165) is 12.1 Å². The molecule has 5 heteroatoms. The minimum absolute atomic E-state index is 0.0615. The summed E-state index contributed by atoms with van der Waals surface area (Å²) in [6, 6.07) is 1.35. The molecule has 0 saturated carbocycles. The van der Waals surface area contributed by atoms with E-state index in [2.05, 4.69) is 0 Å². The second kappa shape index (κ2) is 3.10. The van der Waals surface area contributed by atoms with Crippen LogP contribution in [0.3, 0.4) is 0 Å². The Balaban J connectivity index is 2.69. The fourth-order valence-corrected chi connectivity index (χ4v) is 3.08. The van der Waals surface area contributed by atoms with Crippen molar-refractivity contribution in [2.75, 3.05) is 0 Å². The van der Waals surface area contributed by atoms with Gasteiger partial charge in [0.1, 0.15) is 11.6 Å². The van der Waals surface area contributed by atoms with Crippen molar-refractivity contribution < 1.29 is 13.0 Å². The quantitative estimate of drug-likeness (QED) is 0.715. The Labute approximate surface area is 82.6 Å². The average molecular weight is 217 g/mol. The SMILES string of the molecule is CC1C(N)c2cc(F)cc(F)c2S1=O. The average Bonchev–Trinajstić information content (AvgIpc) is 2.31. The molecule has 0 aromatic heterocycles. The third kappa shape index (κ3) is 1.19. The number of hydrogen-bond donors (Lipinski definition) is 1. The van der Waals surface area contributed by atoms with E-state index in [9.17, 15) is 13.0 Å². The maximum atomic E-state index is 13.3. The van der Waals surface area contributed by atoms with Crippen molar-refractivity contribution in [3.05, 3.63) is 29.3 Å². The number of nitrogens with two attached hydrogens (primary N) is 1. The lowest BCUT2D eigenvalue weighted by Crippen LogP contribution is -2.20. The number of hydrogen-bond acceptors (Lipinski definition) is 2. The number of rotatable bonds is 0. The normalized spacial score (nSPS) is 30.4. The highest BCUT2D eigenvalue weighted by atomic mass is 32.2. The van der Waals surface area contributed by atoms with Gasteiger partial charge in [-0.3, -0.25) is 4.21 Å². The molecule has 0 saturated heterocycles. The number of halogens is 2. The first kappa shape index (κ1) is 9.73. The minimum atomic E-state index is -1.46. The summed E-state index contributed by atoms with van der Waals surface area (Å²) in [5.74, 6) is -1.44. The first-order valence-corrected chi connectivity index (χ1v) is 5.38. The summed E-state index contributed by atoms with van der Waals surface area (Å²) < 4.78 is 37.7. The van der Waals surface area contributed by atoms with Crippen molar-refractivity contribution in [1.82, 2.24) is 0 Å². The first-order valence-electron chi connectivity index (χ1n) is 4.17. The van der Waals surface area contributed by atoms with Crippen LogP contribution in [0.25, 0.3) is 0 Å². The van der Waals surface area contributed by atoms with Gasteiger partial charge in [-0.15, -0.1) is 0 Å². The lowest BCUT2D eigenvalue weighted by molar-refractivity contribution is 0.555. The van der Waals surface area contributed by atoms with E-state index < -0.39 is 28.5 Å². The summed E-state index contributed by atoms with van der Waals surface area (Å²) in [6.45, 7) is 1.66. The lowest BCUT2D eigenvalue weighted by atomic mass is 10.1. The van der Waals surface area contributed by atoms with Crippen molar-refractivity contribution >= 4 is 10.8 Å². The van der Waals surface area contributed by atoms with Crippen LogP contribution < -0.4 is 5.73 Å². The molecule has 1 aliphatic rings. The van der Waals surface area contributed by atoms with Gasteiger partial charge in [-0.25, -0.2) is 8.78 Å². The molecule has 0 radical (unpaired) electrons. The Hall–Kier alpha value is -0.810. The molecule has 3 unspecified atom stereocenters. The second-order valence-electron chi connectivity index (χ2n) is 3.33. The van der Waals surface area contributed by atoms with E-state index in [0.29, 0.717) is 5.56 Å². The molecular weight excluding hydrogens is 208 g/mol. The Morgan fingerprint density at radius 2 is 2.07 bits per heavy atom. The van der Waals surface area contributed by atoms with Crippen LogP contribution in [0.5, 0.6) is 0 Å². The molecule has 1 aliphatic heterocycles. The highest BCUT2D eigenvalue weighted by Gasteiger charge is 2.36. The maximum absolute atomic E-state index is 13.3. The van der Waals surface area contributed by atoms with Gasteiger partial charge >= 0.3 is 0 Å². The largest absolute Gasteiger partial charge is 0.323 e. The summed E-state index contributed by atoms with van der Waals surface area (Å²) in [4.78, 5) is 0.0615. The maximum Gasteiger partial charge on any atom is 0.142 e. The molecule has 1 aromatic carbocycles. The molecular formula is C9H9F2NOS. The molecule has 0 aliphatic carbocycles. The molecule has 2 nitrogen and oxygen atoms in total. The second-order valence-corrected chi connectivity index (χ2v) is 5.08. The summed E-state index contributed by atoms with van der Waals surface area (Å²) in [5, 5.41) is -0.360. The van der Waals surface area contributed by atoms with Gasteiger partial charge in [0, 0.05) is 12.1 Å². The van der Waals surface area contributed by atoms with Crippen LogP contribution in [-0.2, 0) is 10.8 Å². The Kier molecular flexibility index (Phi) is 2.16. The topological polar surface area (TPSA) is 43.1 Å². The predicted molar refractivity (Wildman–Crippen MR) is 49.2 cm³/mol. The van der Waals surface area contributed by atoms with E-state index in [-0.39, 0.29) is 10.1 Å². The van der Waals surface area contributed by atoms with Crippen LogP contribution in [0, 0.1) is 11.6 Å². The van der Waals surface area contributed by atoms with Crippen molar-refractivity contribution in [2.45, 2.75) is 23.1 Å². The monoisotopic (exact) mass is 217 g/mol. The third-order valence-corrected chi connectivity index (χ3v) is 4.24. The Bertz CT molecular complexity index is 422. The zero-order valence-electron chi connectivity index (χ0n) is 7.46. The van der Waals surface area contributed by atoms with E-state index in [1.165, 1.54) is 0 Å². The number of fused-ring (bicyclic) bond motifs is 1. The molecule has 0 fully saturated rings. The standard InChI is InChI=1S/C9H9F2NOS/c1-4-8(12)6-2-5(10)3-7(11)9(6)14(4)13/h2-4,8H,12H2,1H3. The lowest BCUT2D eigenvalue weighted by Gasteiger charge is -2.07. The Morgan fingerprint density at radius 3 is 2.71 bits per heavy atom. The minimum Gasteiger partial charge on any atom is -0.323 e. The zero-order chi connectivity index (χ0) is 10.5. The van der Waals surface area contributed by atoms with Crippen LogP contribution in [0.2, 0.25) is 0 Å². The predicted octanol–water partition coefficient (Wildman–Crippen LogP) is 1.47. The van der Waals surface area contributed by atoms with Crippen molar-refractivity contribution in [3.63, 3.8) is 0 Å². The van der Waals surface area contributed by atoms with Gasteiger partial charge in [0.15, 0.2) is 0 Å². The van der Waals surface area contributed by atoms with Gasteiger partial charge < -0.3 is 5.73 Å². The van der Waals surface area contributed by atoms with E-state index in [1.54, 1.807) is 6.92 Å². The summed E-state index contributed by atoms with van der Waals surface area (Å²) in [5.41, 5.74) is 6.02. The van der Waals surface area contributed by atoms with E-state index >= 15 is 0 Å². The fourth-order valence-electron chi connectivity index (χ4n) is 1.61. The summed E-state index contributed by atoms with van der Waals surface area (Å²) in [6.07, 6.45) is 0. The molecule has 14 heavy (non-hydrogen) atoms. The number of benzene rings is 1. The van der Waals surface area contributed by atoms with E-state index in [1.807, 2.05) is 0 Å². The molecule has 3 atom stereocenters. The highest BCUT2D eigenvalue weighted by Crippen LogP contribution is 2.36. The molecule has 2 N–H and O–H groups in total. The van der Waals surface area contributed by atoms with Gasteiger partial charge in [0.25, 0.3) is 0 Å². The molecule has 1 aromatic rings. The molecule has 0 bridgehead atoms. The molecule has 1 heterocycles. The van der Waals surface area contributed by atoms with Crippen molar-refractivity contribution in [1.29, 1.82) is 0 Å². The highest BCUT2D eigenvalue weighted by molar-refractivity contribution is 7.86. The zero-order valence-corrected chi connectivity index (χ0v) is 8.28. The first-order chi connectivity index (χ1) is 6.52. The van der Waals surface area contributed by atoms with Gasteiger partial charge in [0.2, 0.25) is 0 Å². The molecule has 0 amide bonds. The van der Waals surface area contributed by atoms with Crippen molar-refractivity contribution in [3.8, 4) is 0 Å². The van der Waals surface area contributed by atoms with Crippen LogP contribution in [0.1, 0.15) is 18.5 Å². The molecule has 76 valence electrons. The van der Waals surface area contributed by atoms with Crippen LogP contribution in [-0.4, -0.2) is 9.46 Å². The smallest absolute Gasteiger partial charge is 0.142 e. The molecule has 0 spiro atoms.